The van der Waals surface area contributed by atoms with Crippen LogP contribution in [-0.4, -0.2) is 37.2 Å². The Morgan fingerprint density at radius 3 is 2.32 bits per heavy atom. The molecule has 0 amide bonds. The summed E-state index contributed by atoms with van der Waals surface area (Å²) < 4.78 is 8.91. The molecule has 9 heteroatoms. The number of hydrogen-bond acceptors (Lipinski definition) is 6. The van der Waals surface area contributed by atoms with E-state index in [1.54, 1.807) is 0 Å². The zero-order valence-corrected chi connectivity index (χ0v) is 13.0. The molecule has 0 bridgehead atoms. The standard InChI is InChI=1S/C13H11Cl2NO6/c1-21-10(17)5-9(13(20)22-2)16-11-7(12(18)19)3-6(14)4-8(11)15/h3-5,16H,1-2H3,(H,18,19)/b9-5+. The Bertz CT molecular complexity index is 656. The minimum absolute atomic E-state index is 0.0513. The lowest BCUT2D eigenvalue weighted by Crippen LogP contribution is -2.17. The second kappa shape index (κ2) is 7.67. The maximum Gasteiger partial charge on any atom is 0.354 e. The SMILES string of the molecule is COC(=O)/C=C(/Nc1c(Cl)cc(Cl)cc1C(=O)O)C(=O)OC. The normalized spacial score (nSPS) is 10.8. The van der Waals surface area contributed by atoms with Crippen LogP contribution >= 0.6 is 23.2 Å². The number of aromatic carboxylic acids is 1. The number of methoxy groups -OCH3 is 2. The summed E-state index contributed by atoms with van der Waals surface area (Å²) in [4.78, 5) is 34.2. The molecule has 1 aromatic rings. The molecule has 0 saturated carbocycles. The van der Waals surface area contributed by atoms with Gasteiger partial charge in [0, 0.05) is 5.02 Å². The molecule has 0 atom stereocenters. The van der Waals surface area contributed by atoms with Gasteiger partial charge in [-0.3, -0.25) is 0 Å². The van der Waals surface area contributed by atoms with Crippen molar-refractivity contribution < 1.29 is 29.0 Å². The molecule has 0 aromatic heterocycles. The molecular formula is C13H11Cl2NO6. The Morgan fingerprint density at radius 2 is 1.82 bits per heavy atom. The Morgan fingerprint density at radius 1 is 1.18 bits per heavy atom. The van der Waals surface area contributed by atoms with E-state index in [0.717, 1.165) is 26.4 Å². The number of carbonyl (C=O) groups excluding carboxylic acids is 2. The Labute approximate surface area is 135 Å². The van der Waals surface area contributed by atoms with Crippen molar-refractivity contribution in [3.63, 3.8) is 0 Å². The molecule has 0 spiro atoms. The molecular weight excluding hydrogens is 337 g/mol. The number of carbonyl (C=O) groups is 3. The van der Waals surface area contributed by atoms with E-state index in [4.69, 9.17) is 28.3 Å². The smallest absolute Gasteiger partial charge is 0.354 e. The molecule has 1 rings (SSSR count). The first-order valence-electron chi connectivity index (χ1n) is 5.67. The van der Waals surface area contributed by atoms with E-state index in [0.29, 0.717) is 0 Å². The molecule has 0 heterocycles. The van der Waals surface area contributed by atoms with Gasteiger partial charge in [0.25, 0.3) is 0 Å². The minimum atomic E-state index is -1.32. The van der Waals surface area contributed by atoms with Crippen molar-refractivity contribution in [1.29, 1.82) is 0 Å². The van der Waals surface area contributed by atoms with Crippen molar-refractivity contribution in [3.8, 4) is 0 Å². The zero-order chi connectivity index (χ0) is 16.9. The molecule has 0 aliphatic carbocycles. The molecule has 0 unspecified atom stereocenters. The van der Waals surface area contributed by atoms with Crippen LogP contribution in [0.5, 0.6) is 0 Å². The third-order valence-corrected chi connectivity index (χ3v) is 2.93. The summed E-state index contributed by atoms with van der Waals surface area (Å²) in [6.45, 7) is 0. The van der Waals surface area contributed by atoms with Gasteiger partial charge < -0.3 is 19.9 Å². The van der Waals surface area contributed by atoms with E-state index in [9.17, 15) is 14.4 Å². The minimum Gasteiger partial charge on any atom is -0.478 e. The molecule has 1 aromatic carbocycles. The predicted octanol–water partition coefficient (Wildman–Crippen LogP) is 2.33. The number of ether oxygens (including phenoxy) is 2. The van der Waals surface area contributed by atoms with Gasteiger partial charge >= 0.3 is 17.9 Å². The van der Waals surface area contributed by atoms with Gasteiger partial charge in [-0.1, -0.05) is 23.2 Å². The lowest BCUT2D eigenvalue weighted by atomic mass is 10.1. The number of esters is 2. The van der Waals surface area contributed by atoms with Crippen LogP contribution < -0.4 is 5.32 Å². The monoisotopic (exact) mass is 347 g/mol. The summed E-state index contributed by atoms with van der Waals surface area (Å²) in [6.07, 6.45) is 0.808. The fourth-order valence-corrected chi connectivity index (χ4v) is 1.98. The highest BCUT2D eigenvalue weighted by Gasteiger charge is 2.20. The van der Waals surface area contributed by atoms with Gasteiger partial charge in [-0.2, -0.15) is 0 Å². The number of halogens is 2. The zero-order valence-electron chi connectivity index (χ0n) is 11.5. The van der Waals surface area contributed by atoms with Crippen molar-refractivity contribution in [2.45, 2.75) is 0 Å². The number of carboxylic acid groups (broad SMARTS) is 1. The number of hydrogen-bond donors (Lipinski definition) is 2. The fourth-order valence-electron chi connectivity index (χ4n) is 1.44. The third-order valence-electron chi connectivity index (χ3n) is 2.41. The maximum atomic E-state index is 11.6. The third kappa shape index (κ3) is 4.37. The maximum absolute atomic E-state index is 11.6. The Balaban J connectivity index is 3.35. The van der Waals surface area contributed by atoms with Crippen molar-refractivity contribution in [1.82, 2.24) is 0 Å². The Hall–Kier alpha value is -2.25. The lowest BCUT2D eigenvalue weighted by Gasteiger charge is -2.13. The average molecular weight is 348 g/mol. The molecule has 22 heavy (non-hydrogen) atoms. The fraction of sp³-hybridized carbons (Fsp3) is 0.154. The van der Waals surface area contributed by atoms with Crippen molar-refractivity contribution >= 4 is 46.8 Å². The number of rotatable bonds is 5. The molecule has 0 aliphatic rings. The lowest BCUT2D eigenvalue weighted by molar-refractivity contribution is -0.138. The average Bonchev–Trinajstić information content (AvgIpc) is 2.47. The largest absolute Gasteiger partial charge is 0.478 e. The number of benzene rings is 1. The predicted molar refractivity (Wildman–Crippen MR) is 79.2 cm³/mol. The van der Waals surface area contributed by atoms with E-state index in [-0.39, 0.29) is 27.0 Å². The molecule has 0 aliphatic heterocycles. The summed E-state index contributed by atoms with van der Waals surface area (Å²) in [5.74, 6) is -3.07. The molecule has 2 N–H and O–H groups in total. The molecule has 0 fully saturated rings. The topological polar surface area (TPSA) is 102 Å². The van der Waals surface area contributed by atoms with Crippen LogP contribution in [-0.2, 0) is 19.1 Å². The first-order chi connectivity index (χ1) is 10.3. The van der Waals surface area contributed by atoms with E-state index < -0.39 is 17.9 Å². The summed E-state index contributed by atoms with van der Waals surface area (Å²) in [5, 5.41) is 11.7. The van der Waals surface area contributed by atoms with Crippen LogP contribution in [0.3, 0.4) is 0 Å². The van der Waals surface area contributed by atoms with Crippen LogP contribution in [0.4, 0.5) is 5.69 Å². The number of nitrogens with one attached hydrogen (secondary N) is 1. The van der Waals surface area contributed by atoms with Gasteiger partial charge in [-0.15, -0.1) is 0 Å². The van der Waals surface area contributed by atoms with Gasteiger partial charge in [0.1, 0.15) is 5.70 Å². The molecule has 118 valence electrons. The van der Waals surface area contributed by atoms with Gasteiger partial charge in [-0.25, -0.2) is 14.4 Å². The number of carboxylic acids is 1. The van der Waals surface area contributed by atoms with Crippen LogP contribution in [0, 0.1) is 0 Å². The van der Waals surface area contributed by atoms with E-state index >= 15 is 0 Å². The summed E-state index contributed by atoms with van der Waals surface area (Å²) in [5.41, 5.74) is -0.739. The van der Waals surface area contributed by atoms with Gasteiger partial charge in [-0.05, 0) is 12.1 Å². The quantitative estimate of drug-likeness (QED) is 0.622. The van der Waals surface area contributed by atoms with E-state index in [1.807, 2.05) is 0 Å². The highest BCUT2D eigenvalue weighted by Crippen LogP contribution is 2.31. The van der Waals surface area contributed by atoms with Crippen molar-refractivity contribution in [3.05, 3.63) is 39.5 Å². The van der Waals surface area contributed by atoms with Crippen LogP contribution in [0.1, 0.15) is 10.4 Å². The molecule has 0 saturated heterocycles. The second-order valence-electron chi connectivity index (χ2n) is 3.81. The van der Waals surface area contributed by atoms with E-state index in [1.165, 1.54) is 6.07 Å². The molecule has 0 radical (unpaired) electrons. The summed E-state index contributed by atoms with van der Waals surface area (Å²) >= 11 is 11.7. The summed E-state index contributed by atoms with van der Waals surface area (Å²) in [7, 11) is 2.21. The van der Waals surface area contributed by atoms with Crippen LogP contribution in [0.15, 0.2) is 23.9 Å². The highest BCUT2D eigenvalue weighted by atomic mass is 35.5. The van der Waals surface area contributed by atoms with Crippen LogP contribution in [0.25, 0.3) is 0 Å². The highest BCUT2D eigenvalue weighted by molar-refractivity contribution is 6.37. The van der Waals surface area contributed by atoms with Gasteiger partial charge in [0.05, 0.1) is 36.6 Å². The second-order valence-corrected chi connectivity index (χ2v) is 4.66. The summed E-state index contributed by atoms with van der Waals surface area (Å²) in [6, 6.07) is 2.43. The number of anilines is 1. The van der Waals surface area contributed by atoms with Crippen molar-refractivity contribution in [2.24, 2.45) is 0 Å². The van der Waals surface area contributed by atoms with E-state index in [2.05, 4.69) is 14.8 Å². The van der Waals surface area contributed by atoms with Crippen molar-refractivity contribution in [2.75, 3.05) is 19.5 Å². The Kier molecular flexibility index (Phi) is 6.21. The van der Waals surface area contributed by atoms with Crippen LogP contribution in [0.2, 0.25) is 10.0 Å². The van der Waals surface area contributed by atoms with Gasteiger partial charge in [0.2, 0.25) is 0 Å². The van der Waals surface area contributed by atoms with Gasteiger partial charge in [0.15, 0.2) is 0 Å². The molecule has 7 nitrogen and oxygen atoms in total. The first-order valence-corrected chi connectivity index (χ1v) is 6.43. The first kappa shape index (κ1) is 17.8.